The number of rotatable bonds is 5. The summed E-state index contributed by atoms with van der Waals surface area (Å²) in [6, 6.07) is 3.49. The summed E-state index contributed by atoms with van der Waals surface area (Å²) in [7, 11) is -0.708. The first-order chi connectivity index (χ1) is 9.04. The van der Waals surface area contributed by atoms with Crippen molar-refractivity contribution in [1.82, 2.24) is 4.31 Å². The van der Waals surface area contributed by atoms with E-state index < -0.39 is 21.8 Å². The zero-order chi connectivity index (χ0) is 15.6. The molecule has 0 aromatic heterocycles. The maximum Gasteiger partial charge on any atom is 0.418 e. The SMILES string of the molecule is CN(C)S(=O)(=O)CCNc1cc(Br)ccc1C(F)(F)F. The lowest BCUT2D eigenvalue weighted by molar-refractivity contribution is -0.136. The quantitative estimate of drug-likeness (QED) is 0.861. The highest BCUT2D eigenvalue weighted by Gasteiger charge is 2.33. The molecule has 0 atom stereocenters. The molecule has 0 radical (unpaired) electrons. The molecule has 0 saturated carbocycles. The van der Waals surface area contributed by atoms with Crippen molar-refractivity contribution in [2.45, 2.75) is 6.18 Å². The van der Waals surface area contributed by atoms with E-state index in [1.54, 1.807) is 0 Å². The van der Waals surface area contributed by atoms with E-state index in [0.717, 1.165) is 10.4 Å². The first-order valence-corrected chi connectivity index (χ1v) is 7.95. The zero-order valence-corrected chi connectivity index (χ0v) is 13.2. The van der Waals surface area contributed by atoms with Crippen molar-refractivity contribution in [3.05, 3.63) is 28.2 Å². The molecule has 0 fully saturated rings. The molecule has 1 N–H and O–H groups in total. The maximum atomic E-state index is 12.8. The molecule has 0 amide bonds. The number of nitrogens with one attached hydrogen (secondary N) is 1. The Morgan fingerprint density at radius 3 is 2.40 bits per heavy atom. The maximum absolute atomic E-state index is 12.8. The van der Waals surface area contributed by atoms with Crippen LogP contribution in [0.25, 0.3) is 0 Å². The molecule has 0 bridgehead atoms. The molecule has 0 aliphatic carbocycles. The van der Waals surface area contributed by atoms with Crippen LogP contribution in [0.5, 0.6) is 0 Å². The van der Waals surface area contributed by atoms with Gasteiger partial charge in [-0.25, -0.2) is 12.7 Å². The molecular weight excluding hydrogens is 361 g/mol. The van der Waals surface area contributed by atoms with Crippen LogP contribution in [0.4, 0.5) is 18.9 Å². The van der Waals surface area contributed by atoms with Gasteiger partial charge in [0.05, 0.1) is 11.3 Å². The Labute approximate surface area is 124 Å². The van der Waals surface area contributed by atoms with Crippen molar-refractivity contribution < 1.29 is 21.6 Å². The largest absolute Gasteiger partial charge is 0.418 e. The molecule has 4 nitrogen and oxygen atoms in total. The van der Waals surface area contributed by atoms with Gasteiger partial charge in [0.2, 0.25) is 10.0 Å². The van der Waals surface area contributed by atoms with Gasteiger partial charge in [-0.3, -0.25) is 0 Å². The summed E-state index contributed by atoms with van der Waals surface area (Å²) in [6.45, 7) is -0.111. The van der Waals surface area contributed by atoms with E-state index in [1.807, 2.05) is 0 Å². The minimum atomic E-state index is -4.50. The Balaban J connectivity index is 2.86. The van der Waals surface area contributed by atoms with Crippen LogP contribution >= 0.6 is 15.9 Å². The molecule has 20 heavy (non-hydrogen) atoms. The normalized spacial score (nSPS) is 12.8. The molecule has 0 spiro atoms. The molecule has 114 valence electrons. The number of hydrogen-bond acceptors (Lipinski definition) is 3. The van der Waals surface area contributed by atoms with Gasteiger partial charge in [0.1, 0.15) is 0 Å². The fourth-order valence-electron chi connectivity index (χ4n) is 1.41. The van der Waals surface area contributed by atoms with E-state index in [1.165, 1.54) is 26.2 Å². The second-order valence-electron chi connectivity index (χ2n) is 4.21. The van der Waals surface area contributed by atoms with E-state index >= 15 is 0 Å². The van der Waals surface area contributed by atoms with Crippen LogP contribution < -0.4 is 5.32 Å². The van der Waals surface area contributed by atoms with Crippen molar-refractivity contribution >= 4 is 31.6 Å². The molecule has 0 saturated heterocycles. The van der Waals surface area contributed by atoms with Gasteiger partial charge < -0.3 is 5.32 Å². The molecule has 0 aliphatic heterocycles. The first-order valence-electron chi connectivity index (χ1n) is 5.55. The van der Waals surface area contributed by atoms with Gasteiger partial charge in [-0.05, 0) is 18.2 Å². The number of anilines is 1. The average molecular weight is 375 g/mol. The van der Waals surface area contributed by atoms with Gasteiger partial charge in [0.25, 0.3) is 0 Å². The van der Waals surface area contributed by atoms with E-state index in [4.69, 9.17) is 0 Å². The van der Waals surface area contributed by atoms with Gasteiger partial charge in [0, 0.05) is 30.8 Å². The Hall–Kier alpha value is -0.800. The van der Waals surface area contributed by atoms with E-state index in [0.29, 0.717) is 4.47 Å². The predicted octanol–water partition coefficient (Wildman–Crippen LogP) is 2.77. The summed E-state index contributed by atoms with van der Waals surface area (Å²) < 4.78 is 62.9. The summed E-state index contributed by atoms with van der Waals surface area (Å²) in [6.07, 6.45) is -4.50. The molecule has 0 aliphatic rings. The topological polar surface area (TPSA) is 49.4 Å². The van der Waals surface area contributed by atoms with E-state index in [-0.39, 0.29) is 18.0 Å². The van der Waals surface area contributed by atoms with Crippen LogP contribution in [0.15, 0.2) is 22.7 Å². The van der Waals surface area contributed by atoms with Crippen LogP contribution in [-0.4, -0.2) is 39.1 Å². The van der Waals surface area contributed by atoms with Crippen molar-refractivity contribution in [2.24, 2.45) is 0 Å². The van der Waals surface area contributed by atoms with E-state index in [2.05, 4.69) is 21.2 Å². The summed E-state index contributed by atoms with van der Waals surface area (Å²) >= 11 is 3.08. The summed E-state index contributed by atoms with van der Waals surface area (Å²) in [5.41, 5.74) is -0.983. The van der Waals surface area contributed by atoms with Gasteiger partial charge >= 0.3 is 6.18 Å². The summed E-state index contributed by atoms with van der Waals surface area (Å²) in [5.74, 6) is -0.288. The number of sulfonamides is 1. The molecule has 0 unspecified atom stereocenters. The minimum Gasteiger partial charge on any atom is -0.383 e. The Kier molecular flexibility index (Phi) is 5.45. The van der Waals surface area contributed by atoms with Crippen molar-refractivity contribution in [1.29, 1.82) is 0 Å². The third-order valence-electron chi connectivity index (χ3n) is 2.52. The fourth-order valence-corrected chi connectivity index (χ4v) is 2.49. The van der Waals surface area contributed by atoms with Gasteiger partial charge in [-0.2, -0.15) is 13.2 Å². The van der Waals surface area contributed by atoms with Crippen LogP contribution in [0.1, 0.15) is 5.56 Å². The third kappa shape index (κ3) is 4.64. The Morgan fingerprint density at radius 1 is 1.30 bits per heavy atom. The predicted molar refractivity (Wildman–Crippen MR) is 75.1 cm³/mol. The van der Waals surface area contributed by atoms with Gasteiger partial charge in [0.15, 0.2) is 0 Å². The monoisotopic (exact) mass is 374 g/mol. The van der Waals surface area contributed by atoms with Crippen LogP contribution in [0.3, 0.4) is 0 Å². The fraction of sp³-hybridized carbons (Fsp3) is 0.455. The van der Waals surface area contributed by atoms with Crippen LogP contribution in [0, 0.1) is 0 Å². The zero-order valence-electron chi connectivity index (χ0n) is 10.8. The molecular formula is C11H14BrF3N2O2S. The standard InChI is InChI=1S/C11H14BrF3N2O2S/c1-17(2)20(18,19)6-5-16-10-7-8(12)3-4-9(10)11(13,14)15/h3-4,7,16H,5-6H2,1-2H3. The number of benzene rings is 1. The molecule has 1 aromatic carbocycles. The smallest absolute Gasteiger partial charge is 0.383 e. The highest BCUT2D eigenvalue weighted by Crippen LogP contribution is 2.36. The Bertz CT molecular complexity index is 574. The van der Waals surface area contributed by atoms with Crippen LogP contribution in [-0.2, 0) is 16.2 Å². The second-order valence-corrected chi connectivity index (χ2v) is 7.43. The summed E-state index contributed by atoms with van der Waals surface area (Å²) in [4.78, 5) is 0. The lowest BCUT2D eigenvalue weighted by Crippen LogP contribution is -2.28. The van der Waals surface area contributed by atoms with Gasteiger partial charge in [-0.15, -0.1) is 0 Å². The number of alkyl halides is 3. The lowest BCUT2D eigenvalue weighted by atomic mass is 10.1. The average Bonchev–Trinajstić information content (AvgIpc) is 2.26. The second kappa shape index (κ2) is 6.31. The van der Waals surface area contributed by atoms with Crippen molar-refractivity contribution in [3.63, 3.8) is 0 Å². The third-order valence-corrected chi connectivity index (χ3v) is 4.84. The number of nitrogens with zero attached hydrogens (tertiary/aromatic N) is 1. The Morgan fingerprint density at radius 2 is 1.90 bits per heavy atom. The summed E-state index contributed by atoms with van der Waals surface area (Å²) in [5, 5.41) is 2.52. The number of hydrogen-bond donors (Lipinski definition) is 1. The molecule has 1 aromatic rings. The van der Waals surface area contributed by atoms with Crippen molar-refractivity contribution in [2.75, 3.05) is 31.7 Å². The highest BCUT2D eigenvalue weighted by molar-refractivity contribution is 9.10. The number of halogens is 4. The van der Waals surface area contributed by atoms with Crippen LogP contribution in [0.2, 0.25) is 0 Å². The molecule has 0 heterocycles. The highest BCUT2D eigenvalue weighted by atomic mass is 79.9. The molecule has 9 heteroatoms. The minimum absolute atomic E-state index is 0.111. The van der Waals surface area contributed by atoms with E-state index in [9.17, 15) is 21.6 Å². The van der Waals surface area contributed by atoms with Crippen molar-refractivity contribution in [3.8, 4) is 0 Å². The lowest BCUT2D eigenvalue weighted by Gasteiger charge is -2.16. The first kappa shape index (κ1) is 17.3. The molecule has 1 rings (SSSR count). The van der Waals surface area contributed by atoms with Gasteiger partial charge in [-0.1, -0.05) is 15.9 Å².